The van der Waals surface area contributed by atoms with Crippen LogP contribution >= 0.6 is 0 Å². The van der Waals surface area contributed by atoms with Crippen molar-refractivity contribution >= 4 is 0 Å². The highest BCUT2D eigenvalue weighted by atomic mass is 19.4. The van der Waals surface area contributed by atoms with Gasteiger partial charge >= 0.3 is 6.36 Å². The first-order chi connectivity index (χ1) is 11.5. The van der Waals surface area contributed by atoms with Crippen LogP contribution in [0.15, 0.2) is 24.3 Å². The van der Waals surface area contributed by atoms with Gasteiger partial charge in [0, 0.05) is 0 Å². The molecule has 1 saturated carbocycles. The molecule has 1 aromatic carbocycles. The van der Waals surface area contributed by atoms with E-state index in [0.29, 0.717) is 19.3 Å². The molecule has 0 bridgehead atoms. The molecule has 1 saturated heterocycles. The Morgan fingerprint density at radius 3 is 2.29 bits per heavy atom. The molecular weight excluding hydrogens is 325 g/mol. The maximum absolute atomic E-state index is 12.2. The van der Waals surface area contributed by atoms with Crippen LogP contribution in [0.1, 0.15) is 37.2 Å². The van der Waals surface area contributed by atoms with Gasteiger partial charge in [0.25, 0.3) is 0 Å². The summed E-state index contributed by atoms with van der Waals surface area (Å²) in [7, 11) is 0. The second kappa shape index (κ2) is 7.72. The van der Waals surface area contributed by atoms with Crippen molar-refractivity contribution in [1.82, 2.24) is 0 Å². The summed E-state index contributed by atoms with van der Waals surface area (Å²) >= 11 is 0. The number of rotatable bonds is 7. The van der Waals surface area contributed by atoms with Crippen molar-refractivity contribution in [3.63, 3.8) is 0 Å². The van der Waals surface area contributed by atoms with Gasteiger partial charge in [0.05, 0.1) is 19.3 Å². The highest BCUT2D eigenvalue weighted by Crippen LogP contribution is 2.35. The minimum absolute atomic E-state index is 0.180. The predicted octanol–water partition coefficient (Wildman–Crippen LogP) is 4.00. The van der Waals surface area contributed by atoms with Gasteiger partial charge in [-0.1, -0.05) is 12.1 Å². The predicted molar refractivity (Wildman–Crippen MR) is 79.8 cm³/mol. The Hall–Kier alpha value is -1.31. The number of alkyl halides is 3. The molecule has 4 nitrogen and oxygen atoms in total. The molecule has 0 N–H and O–H groups in total. The molecule has 2 fully saturated rings. The average molecular weight is 346 g/mol. The van der Waals surface area contributed by atoms with Gasteiger partial charge < -0.3 is 18.9 Å². The third kappa shape index (κ3) is 5.65. The van der Waals surface area contributed by atoms with E-state index in [1.165, 1.54) is 12.1 Å². The smallest absolute Gasteiger partial charge is 0.406 e. The molecular formula is C17H21F3O4. The van der Waals surface area contributed by atoms with Crippen molar-refractivity contribution in [2.24, 2.45) is 0 Å². The summed E-state index contributed by atoms with van der Waals surface area (Å²) in [4.78, 5) is 0. The lowest BCUT2D eigenvalue weighted by Gasteiger charge is -2.28. The lowest BCUT2D eigenvalue weighted by molar-refractivity contribution is -0.274. The Morgan fingerprint density at radius 2 is 1.71 bits per heavy atom. The number of hydrogen-bond acceptors (Lipinski definition) is 4. The maximum atomic E-state index is 12.2. The SMILES string of the molecule is FC(F)(F)Oc1ccc(C2CCC(OCOCC3CO3)CC2)cc1. The Labute approximate surface area is 138 Å². The van der Waals surface area contributed by atoms with Gasteiger partial charge in [-0.15, -0.1) is 13.2 Å². The summed E-state index contributed by atoms with van der Waals surface area (Å²) in [5.74, 6) is 0.172. The van der Waals surface area contributed by atoms with Crippen LogP contribution < -0.4 is 4.74 Å². The van der Waals surface area contributed by atoms with Crippen LogP contribution in [0.5, 0.6) is 5.75 Å². The molecule has 1 atom stereocenters. The minimum Gasteiger partial charge on any atom is -0.406 e. The Morgan fingerprint density at radius 1 is 1.04 bits per heavy atom. The molecule has 3 rings (SSSR count). The summed E-state index contributed by atoms with van der Waals surface area (Å²) in [5.41, 5.74) is 1.05. The Kier molecular flexibility index (Phi) is 5.63. The van der Waals surface area contributed by atoms with E-state index in [0.717, 1.165) is 37.9 Å². The van der Waals surface area contributed by atoms with Gasteiger partial charge in [0.1, 0.15) is 18.6 Å². The van der Waals surface area contributed by atoms with E-state index in [1.807, 2.05) is 0 Å². The third-order valence-corrected chi connectivity index (χ3v) is 4.35. The Balaban J connectivity index is 1.39. The van der Waals surface area contributed by atoms with Crippen molar-refractivity contribution in [3.8, 4) is 5.75 Å². The van der Waals surface area contributed by atoms with E-state index in [4.69, 9.17) is 14.2 Å². The molecule has 1 aliphatic carbocycles. The van der Waals surface area contributed by atoms with Crippen molar-refractivity contribution in [2.75, 3.05) is 20.0 Å². The minimum atomic E-state index is -4.65. The van der Waals surface area contributed by atoms with E-state index in [1.54, 1.807) is 12.1 Å². The molecule has 0 aromatic heterocycles. The van der Waals surface area contributed by atoms with Crippen molar-refractivity contribution < 1.29 is 32.1 Å². The molecule has 1 heterocycles. The van der Waals surface area contributed by atoms with Crippen molar-refractivity contribution in [1.29, 1.82) is 0 Å². The van der Waals surface area contributed by atoms with Crippen LogP contribution in [-0.4, -0.2) is 38.6 Å². The standard InChI is InChI=1S/C17H21F3O4/c18-17(19,20)24-15-7-3-13(4-8-15)12-1-5-14(6-2-12)23-11-21-9-16-10-22-16/h3-4,7-8,12,14,16H,1-2,5-6,9-11H2. The fourth-order valence-corrected chi connectivity index (χ4v) is 2.99. The van der Waals surface area contributed by atoms with Gasteiger partial charge in [-0.3, -0.25) is 0 Å². The van der Waals surface area contributed by atoms with E-state index in [-0.39, 0.29) is 18.0 Å². The molecule has 2 aliphatic rings. The number of epoxide rings is 1. The topological polar surface area (TPSA) is 40.2 Å². The first kappa shape index (κ1) is 17.5. The zero-order chi connectivity index (χ0) is 17.0. The summed E-state index contributed by atoms with van der Waals surface area (Å²) in [6.07, 6.45) is -0.456. The quantitative estimate of drug-likeness (QED) is 0.425. The second-order valence-electron chi connectivity index (χ2n) is 6.20. The maximum Gasteiger partial charge on any atom is 0.573 e. The van der Waals surface area contributed by atoms with Crippen LogP contribution in [0.3, 0.4) is 0 Å². The molecule has 134 valence electrons. The van der Waals surface area contributed by atoms with Gasteiger partial charge in [0.2, 0.25) is 0 Å². The van der Waals surface area contributed by atoms with E-state index < -0.39 is 6.36 Å². The number of halogens is 3. The van der Waals surface area contributed by atoms with Gasteiger partial charge in [0.15, 0.2) is 0 Å². The van der Waals surface area contributed by atoms with E-state index in [2.05, 4.69) is 4.74 Å². The lowest BCUT2D eigenvalue weighted by Crippen LogP contribution is -2.22. The van der Waals surface area contributed by atoms with Gasteiger partial charge in [-0.2, -0.15) is 0 Å². The van der Waals surface area contributed by atoms with Crippen LogP contribution in [0.2, 0.25) is 0 Å². The summed E-state index contributed by atoms with van der Waals surface area (Å²) in [6.45, 7) is 1.65. The number of ether oxygens (including phenoxy) is 4. The normalized spacial score (nSPS) is 27.0. The third-order valence-electron chi connectivity index (χ3n) is 4.35. The fourth-order valence-electron chi connectivity index (χ4n) is 2.99. The molecule has 1 aliphatic heterocycles. The zero-order valence-electron chi connectivity index (χ0n) is 13.3. The highest BCUT2D eigenvalue weighted by molar-refractivity contribution is 5.29. The highest BCUT2D eigenvalue weighted by Gasteiger charge is 2.31. The van der Waals surface area contributed by atoms with E-state index >= 15 is 0 Å². The number of benzene rings is 1. The largest absolute Gasteiger partial charge is 0.573 e. The van der Waals surface area contributed by atoms with Crippen LogP contribution in [0.25, 0.3) is 0 Å². The molecule has 1 aromatic rings. The summed E-state index contributed by atoms with van der Waals surface area (Å²) in [6, 6.07) is 6.18. The van der Waals surface area contributed by atoms with Gasteiger partial charge in [-0.25, -0.2) is 0 Å². The van der Waals surface area contributed by atoms with Crippen LogP contribution in [0.4, 0.5) is 13.2 Å². The van der Waals surface area contributed by atoms with Gasteiger partial charge in [-0.05, 0) is 49.3 Å². The molecule has 24 heavy (non-hydrogen) atoms. The second-order valence-corrected chi connectivity index (χ2v) is 6.20. The Bertz CT molecular complexity index is 506. The summed E-state index contributed by atoms with van der Waals surface area (Å²) < 4.78 is 56.5. The lowest BCUT2D eigenvalue weighted by atomic mass is 9.83. The van der Waals surface area contributed by atoms with Crippen molar-refractivity contribution in [3.05, 3.63) is 29.8 Å². The van der Waals surface area contributed by atoms with E-state index in [9.17, 15) is 13.2 Å². The number of hydrogen-bond donors (Lipinski definition) is 0. The monoisotopic (exact) mass is 346 g/mol. The molecule has 0 amide bonds. The molecule has 1 unspecified atom stereocenters. The molecule has 0 radical (unpaired) electrons. The summed E-state index contributed by atoms with van der Waals surface area (Å²) in [5, 5.41) is 0. The zero-order valence-corrected chi connectivity index (χ0v) is 13.3. The first-order valence-electron chi connectivity index (χ1n) is 8.16. The fraction of sp³-hybridized carbons (Fsp3) is 0.647. The first-order valence-corrected chi connectivity index (χ1v) is 8.16. The molecule has 0 spiro atoms. The average Bonchev–Trinajstić information content (AvgIpc) is 3.36. The molecule has 7 heteroatoms. The van der Waals surface area contributed by atoms with Crippen LogP contribution in [0, 0.1) is 0 Å². The van der Waals surface area contributed by atoms with Crippen molar-refractivity contribution in [2.45, 2.75) is 50.2 Å². The van der Waals surface area contributed by atoms with Crippen LogP contribution in [-0.2, 0) is 14.2 Å².